The summed E-state index contributed by atoms with van der Waals surface area (Å²) in [6, 6.07) is -0.0882. The lowest BCUT2D eigenvalue weighted by atomic mass is 10.3. The molecule has 0 saturated carbocycles. The fourth-order valence-electron chi connectivity index (χ4n) is 1.69. The Morgan fingerprint density at radius 2 is 2.25 bits per heavy atom. The average molecular weight is 310 g/mol. The molecule has 1 unspecified atom stereocenters. The van der Waals surface area contributed by atoms with Crippen LogP contribution in [0.3, 0.4) is 0 Å². The minimum absolute atomic E-state index is 0.0709. The van der Waals surface area contributed by atoms with Gasteiger partial charge in [0.1, 0.15) is 0 Å². The molecular formula is C7H12BrN5O2S. The fourth-order valence-corrected chi connectivity index (χ4v) is 4.23. The van der Waals surface area contributed by atoms with Gasteiger partial charge in [-0.3, -0.25) is 0 Å². The Kier molecular flexibility index (Phi) is 3.03. The van der Waals surface area contributed by atoms with Crippen LogP contribution < -0.4 is 5.73 Å². The molecule has 2 rings (SSSR count). The number of aromatic nitrogens is 3. The van der Waals surface area contributed by atoms with Crippen molar-refractivity contribution < 1.29 is 8.42 Å². The van der Waals surface area contributed by atoms with Crippen molar-refractivity contribution in [3.63, 3.8) is 0 Å². The average Bonchev–Trinajstić information content (AvgIpc) is 2.74. The van der Waals surface area contributed by atoms with Gasteiger partial charge in [0, 0.05) is 26.2 Å². The van der Waals surface area contributed by atoms with Crippen LogP contribution in [0, 0.1) is 0 Å². The van der Waals surface area contributed by atoms with E-state index in [9.17, 15) is 8.42 Å². The second-order valence-corrected chi connectivity index (χ2v) is 6.33. The van der Waals surface area contributed by atoms with Crippen molar-refractivity contribution in [3.8, 4) is 0 Å². The minimum atomic E-state index is -3.55. The third-order valence-corrected chi connectivity index (χ3v) is 5.26. The second-order valence-electron chi connectivity index (χ2n) is 3.72. The van der Waals surface area contributed by atoms with Crippen molar-refractivity contribution in [2.24, 2.45) is 12.8 Å². The zero-order valence-electron chi connectivity index (χ0n) is 8.67. The molecule has 90 valence electrons. The van der Waals surface area contributed by atoms with Gasteiger partial charge >= 0.3 is 0 Å². The molecule has 1 saturated heterocycles. The van der Waals surface area contributed by atoms with Crippen molar-refractivity contribution in [3.05, 3.63) is 4.60 Å². The number of aryl methyl sites for hydroxylation is 1. The molecule has 16 heavy (non-hydrogen) atoms. The molecule has 2 N–H and O–H groups in total. The molecule has 0 radical (unpaired) electrons. The first kappa shape index (κ1) is 12.0. The highest BCUT2D eigenvalue weighted by Crippen LogP contribution is 2.24. The third-order valence-electron chi connectivity index (χ3n) is 2.51. The molecule has 1 aliphatic heterocycles. The number of nitrogens with two attached hydrogens (primary N) is 1. The Bertz CT molecular complexity index is 479. The summed E-state index contributed by atoms with van der Waals surface area (Å²) in [4.78, 5) is 0. The van der Waals surface area contributed by atoms with Gasteiger partial charge in [0.25, 0.3) is 10.0 Å². The zero-order valence-corrected chi connectivity index (χ0v) is 11.1. The number of hydrogen-bond donors (Lipinski definition) is 1. The van der Waals surface area contributed by atoms with E-state index in [-0.39, 0.29) is 15.7 Å². The molecule has 1 aromatic heterocycles. The van der Waals surface area contributed by atoms with Crippen LogP contribution in [0.4, 0.5) is 0 Å². The first-order valence-electron chi connectivity index (χ1n) is 4.74. The SMILES string of the molecule is Cn1nnc(Br)c1S(=O)(=O)N1CCC(N)C1. The maximum absolute atomic E-state index is 12.2. The lowest BCUT2D eigenvalue weighted by Crippen LogP contribution is -2.33. The minimum Gasteiger partial charge on any atom is -0.326 e. The summed E-state index contributed by atoms with van der Waals surface area (Å²) < 4.78 is 27.3. The number of nitrogens with zero attached hydrogens (tertiary/aromatic N) is 4. The molecule has 0 aromatic carbocycles. The summed E-state index contributed by atoms with van der Waals surface area (Å²) in [5.41, 5.74) is 5.70. The Labute approximate surface area is 102 Å². The van der Waals surface area contributed by atoms with E-state index < -0.39 is 10.0 Å². The van der Waals surface area contributed by atoms with Crippen molar-refractivity contribution in [2.75, 3.05) is 13.1 Å². The largest absolute Gasteiger partial charge is 0.326 e. The van der Waals surface area contributed by atoms with Crippen molar-refractivity contribution in [2.45, 2.75) is 17.5 Å². The molecule has 0 amide bonds. The molecule has 0 bridgehead atoms. The van der Waals surface area contributed by atoms with Gasteiger partial charge in [-0.1, -0.05) is 5.21 Å². The lowest BCUT2D eigenvalue weighted by molar-refractivity contribution is 0.462. The molecule has 9 heteroatoms. The molecule has 1 aromatic rings. The van der Waals surface area contributed by atoms with Gasteiger partial charge in [-0.25, -0.2) is 13.1 Å². The Morgan fingerprint density at radius 1 is 1.56 bits per heavy atom. The van der Waals surface area contributed by atoms with Crippen LogP contribution in [0.1, 0.15) is 6.42 Å². The van der Waals surface area contributed by atoms with Crippen LogP contribution >= 0.6 is 15.9 Å². The molecule has 0 spiro atoms. The fraction of sp³-hybridized carbons (Fsp3) is 0.714. The Hall–Kier alpha value is -0.510. The van der Waals surface area contributed by atoms with Crippen LogP contribution in [-0.4, -0.2) is 46.8 Å². The highest BCUT2D eigenvalue weighted by molar-refractivity contribution is 9.10. The van der Waals surface area contributed by atoms with E-state index in [1.165, 1.54) is 8.99 Å². The van der Waals surface area contributed by atoms with Crippen molar-refractivity contribution in [1.29, 1.82) is 0 Å². The summed E-state index contributed by atoms with van der Waals surface area (Å²) in [5.74, 6) is 0. The van der Waals surface area contributed by atoms with Gasteiger partial charge in [0.15, 0.2) is 4.60 Å². The van der Waals surface area contributed by atoms with Crippen molar-refractivity contribution >= 4 is 26.0 Å². The predicted molar refractivity (Wildman–Crippen MR) is 60.1 cm³/mol. The molecule has 0 aliphatic carbocycles. The van der Waals surface area contributed by atoms with Crippen LogP contribution in [0.15, 0.2) is 9.63 Å². The molecule has 7 nitrogen and oxygen atoms in total. The Balaban J connectivity index is 2.40. The van der Waals surface area contributed by atoms with Gasteiger partial charge in [-0.15, -0.1) is 5.10 Å². The van der Waals surface area contributed by atoms with Gasteiger partial charge in [-0.2, -0.15) is 4.31 Å². The molecule has 1 atom stereocenters. The van der Waals surface area contributed by atoms with Gasteiger partial charge < -0.3 is 5.73 Å². The van der Waals surface area contributed by atoms with Crippen LogP contribution in [0.2, 0.25) is 0 Å². The zero-order chi connectivity index (χ0) is 11.9. The number of rotatable bonds is 2. The number of halogens is 1. The number of hydrogen-bond acceptors (Lipinski definition) is 5. The summed E-state index contributed by atoms with van der Waals surface area (Å²) >= 11 is 3.08. The molecule has 1 aliphatic rings. The highest BCUT2D eigenvalue weighted by atomic mass is 79.9. The van der Waals surface area contributed by atoms with Crippen LogP contribution in [0.25, 0.3) is 0 Å². The normalized spacial score (nSPS) is 22.8. The van der Waals surface area contributed by atoms with E-state index in [0.29, 0.717) is 19.5 Å². The molecular weight excluding hydrogens is 298 g/mol. The first-order chi connectivity index (χ1) is 7.43. The lowest BCUT2D eigenvalue weighted by Gasteiger charge is -2.15. The van der Waals surface area contributed by atoms with E-state index in [4.69, 9.17) is 5.73 Å². The topological polar surface area (TPSA) is 94.1 Å². The van der Waals surface area contributed by atoms with E-state index >= 15 is 0 Å². The summed E-state index contributed by atoms with van der Waals surface area (Å²) in [6.07, 6.45) is 0.683. The summed E-state index contributed by atoms with van der Waals surface area (Å²) in [6.45, 7) is 0.793. The smallest absolute Gasteiger partial charge is 0.263 e. The standard InChI is InChI=1S/C7H12BrN5O2S/c1-12-7(6(8)10-11-12)16(14,15)13-3-2-5(9)4-13/h5H,2-4,9H2,1H3. The quantitative estimate of drug-likeness (QED) is 0.779. The maximum atomic E-state index is 12.2. The number of sulfonamides is 1. The van der Waals surface area contributed by atoms with Gasteiger partial charge in [-0.05, 0) is 22.4 Å². The van der Waals surface area contributed by atoms with E-state index in [0.717, 1.165) is 0 Å². The summed E-state index contributed by atoms with van der Waals surface area (Å²) in [5, 5.41) is 7.39. The van der Waals surface area contributed by atoms with Crippen LogP contribution in [0.5, 0.6) is 0 Å². The predicted octanol–water partition coefficient (Wildman–Crippen LogP) is -0.701. The van der Waals surface area contributed by atoms with E-state index in [1.807, 2.05) is 0 Å². The van der Waals surface area contributed by atoms with E-state index in [1.54, 1.807) is 7.05 Å². The van der Waals surface area contributed by atoms with Gasteiger partial charge in [0.2, 0.25) is 5.03 Å². The highest BCUT2D eigenvalue weighted by Gasteiger charge is 2.35. The second kappa shape index (κ2) is 4.06. The molecule has 2 heterocycles. The van der Waals surface area contributed by atoms with Crippen molar-refractivity contribution in [1.82, 2.24) is 19.3 Å². The van der Waals surface area contributed by atoms with Gasteiger partial charge in [0.05, 0.1) is 0 Å². The third kappa shape index (κ3) is 1.88. The van der Waals surface area contributed by atoms with E-state index in [2.05, 4.69) is 26.2 Å². The maximum Gasteiger partial charge on any atom is 0.263 e. The first-order valence-corrected chi connectivity index (χ1v) is 6.97. The van der Waals surface area contributed by atoms with Crippen LogP contribution in [-0.2, 0) is 17.1 Å². The Morgan fingerprint density at radius 3 is 2.69 bits per heavy atom. The monoisotopic (exact) mass is 309 g/mol. The molecule has 1 fully saturated rings. The summed E-state index contributed by atoms with van der Waals surface area (Å²) in [7, 11) is -2.00.